The molecule has 0 radical (unpaired) electrons. The second-order valence-electron chi connectivity index (χ2n) is 2.79. The Morgan fingerprint density at radius 1 is 1.55 bits per heavy atom. The van der Waals surface area contributed by atoms with Crippen LogP contribution in [0.5, 0.6) is 0 Å². The van der Waals surface area contributed by atoms with Gasteiger partial charge >= 0.3 is 0 Å². The van der Waals surface area contributed by atoms with Crippen LogP contribution in [0.25, 0.3) is 0 Å². The quantitative estimate of drug-likeness (QED) is 0.603. The average molecular weight is 166 g/mol. The summed E-state index contributed by atoms with van der Waals surface area (Å²) in [6, 6.07) is 2.25. The molecule has 1 heterocycles. The summed E-state index contributed by atoms with van der Waals surface area (Å²) in [7, 11) is 0. The van der Waals surface area contributed by atoms with Crippen molar-refractivity contribution < 1.29 is 0 Å². The molecule has 0 bridgehead atoms. The molecule has 0 nitrogen and oxygen atoms in total. The van der Waals surface area contributed by atoms with Gasteiger partial charge in [-0.2, -0.15) is 0 Å². The van der Waals surface area contributed by atoms with Gasteiger partial charge < -0.3 is 0 Å². The minimum atomic E-state index is 1.10. The van der Waals surface area contributed by atoms with E-state index in [0.29, 0.717) is 0 Å². The fourth-order valence-corrected chi connectivity index (χ4v) is 2.24. The molecule has 0 aliphatic carbocycles. The monoisotopic (exact) mass is 166 g/mol. The van der Waals surface area contributed by atoms with Crippen LogP contribution in [-0.4, -0.2) is 0 Å². The Balaban J connectivity index is 2.69. The first-order valence-electron chi connectivity index (χ1n) is 3.91. The molecule has 0 spiro atoms. The first-order valence-corrected chi connectivity index (χ1v) is 4.72. The highest BCUT2D eigenvalue weighted by molar-refractivity contribution is 7.12. The number of aryl methyl sites for hydroxylation is 3. The summed E-state index contributed by atoms with van der Waals surface area (Å²) in [4.78, 5) is 2.93. The van der Waals surface area contributed by atoms with E-state index in [4.69, 9.17) is 0 Å². The van der Waals surface area contributed by atoms with E-state index in [9.17, 15) is 0 Å². The molecule has 0 amide bonds. The van der Waals surface area contributed by atoms with Crippen LogP contribution in [0.1, 0.15) is 21.7 Å². The first-order chi connectivity index (χ1) is 5.24. The SMILES string of the molecule is C=CCCc1sc(C)cc1C. The minimum Gasteiger partial charge on any atom is -0.145 e. The van der Waals surface area contributed by atoms with Crippen molar-refractivity contribution in [1.29, 1.82) is 0 Å². The summed E-state index contributed by atoms with van der Waals surface area (Å²) < 4.78 is 0. The van der Waals surface area contributed by atoms with E-state index in [2.05, 4.69) is 26.5 Å². The summed E-state index contributed by atoms with van der Waals surface area (Å²) in [6.07, 6.45) is 4.24. The molecule has 0 aromatic carbocycles. The van der Waals surface area contributed by atoms with Crippen LogP contribution in [0.4, 0.5) is 0 Å². The van der Waals surface area contributed by atoms with Crippen LogP contribution in [0.3, 0.4) is 0 Å². The molecule has 60 valence electrons. The van der Waals surface area contributed by atoms with Crippen molar-refractivity contribution in [2.45, 2.75) is 26.7 Å². The van der Waals surface area contributed by atoms with E-state index in [1.165, 1.54) is 15.3 Å². The molecule has 1 rings (SSSR count). The van der Waals surface area contributed by atoms with Gasteiger partial charge in [0.15, 0.2) is 0 Å². The molecule has 0 unspecified atom stereocenters. The molecule has 1 heteroatoms. The van der Waals surface area contributed by atoms with Crippen molar-refractivity contribution >= 4 is 11.3 Å². The second-order valence-corrected chi connectivity index (χ2v) is 4.13. The standard InChI is InChI=1S/C10H14S/c1-4-5-6-10-8(2)7-9(3)11-10/h4,7H,1,5-6H2,2-3H3. The van der Waals surface area contributed by atoms with E-state index >= 15 is 0 Å². The van der Waals surface area contributed by atoms with Gasteiger partial charge in [-0.1, -0.05) is 6.08 Å². The lowest BCUT2D eigenvalue weighted by molar-refractivity contribution is 1.02. The van der Waals surface area contributed by atoms with Crippen LogP contribution in [0.15, 0.2) is 18.7 Å². The maximum absolute atomic E-state index is 3.72. The lowest BCUT2D eigenvalue weighted by Gasteiger charge is -1.93. The van der Waals surface area contributed by atoms with Gasteiger partial charge in [-0.05, 0) is 38.3 Å². The second kappa shape index (κ2) is 3.72. The molecule has 1 aromatic heterocycles. The van der Waals surface area contributed by atoms with Crippen LogP contribution in [0, 0.1) is 13.8 Å². The number of hydrogen-bond acceptors (Lipinski definition) is 1. The maximum atomic E-state index is 3.72. The van der Waals surface area contributed by atoms with Gasteiger partial charge in [-0.15, -0.1) is 17.9 Å². The topological polar surface area (TPSA) is 0 Å². The summed E-state index contributed by atoms with van der Waals surface area (Å²) in [6.45, 7) is 8.06. The molecule has 0 saturated heterocycles. The third kappa shape index (κ3) is 2.19. The molecule has 0 saturated carbocycles. The van der Waals surface area contributed by atoms with Crippen LogP contribution in [0.2, 0.25) is 0 Å². The Bertz CT molecular complexity index is 245. The fourth-order valence-electron chi connectivity index (χ4n) is 1.17. The highest BCUT2D eigenvalue weighted by Crippen LogP contribution is 2.22. The van der Waals surface area contributed by atoms with E-state index in [-0.39, 0.29) is 0 Å². The number of allylic oxidation sites excluding steroid dienone is 1. The van der Waals surface area contributed by atoms with Crippen LogP contribution < -0.4 is 0 Å². The van der Waals surface area contributed by atoms with Crippen molar-refractivity contribution in [3.8, 4) is 0 Å². The third-order valence-corrected chi connectivity index (χ3v) is 2.93. The molecular weight excluding hydrogens is 152 g/mol. The molecule has 0 aliphatic rings. The Kier molecular flexibility index (Phi) is 2.89. The largest absolute Gasteiger partial charge is 0.145 e. The van der Waals surface area contributed by atoms with Crippen molar-refractivity contribution in [3.63, 3.8) is 0 Å². The Morgan fingerprint density at radius 3 is 2.73 bits per heavy atom. The molecule has 0 aliphatic heterocycles. The van der Waals surface area contributed by atoms with Gasteiger partial charge in [-0.3, -0.25) is 0 Å². The summed E-state index contributed by atoms with van der Waals surface area (Å²) in [5.41, 5.74) is 1.44. The van der Waals surface area contributed by atoms with E-state index < -0.39 is 0 Å². The summed E-state index contributed by atoms with van der Waals surface area (Å²) >= 11 is 1.91. The predicted octanol–water partition coefficient (Wildman–Crippen LogP) is 3.48. The lowest BCUT2D eigenvalue weighted by Crippen LogP contribution is -1.79. The van der Waals surface area contributed by atoms with E-state index in [0.717, 1.165) is 12.8 Å². The zero-order valence-corrected chi connectivity index (χ0v) is 8.00. The molecular formula is C10H14S. The lowest BCUT2D eigenvalue weighted by atomic mass is 10.2. The first kappa shape index (κ1) is 8.54. The van der Waals surface area contributed by atoms with Gasteiger partial charge in [0, 0.05) is 9.75 Å². The van der Waals surface area contributed by atoms with Gasteiger partial charge in [-0.25, -0.2) is 0 Å². The Hall–Kier alpha value is -0.560. The molecule has 1 aromatic rings. The van der Waals surface area contributed by atoms with Gasteiger partial charge in [0.25, 0.3) is 0 Å². The maximum Gasteiger partial charge on any atom is 0.00803 e. The fraction of sp³-hybridized carbons (Fsp3) is 0.400. The Morgan fingerprint density at radius 2 is 2.27 bits per heavy atom. The number of rotatable bonds is 3. The number of thiophene rings is 1. The smallest absolute Gasteiger partial charge is 0.00803 e. The van der Waals surface area contributed by atoms with Gasteiger partial charge in [0.05, 0.1) is 0 Å². The van der Waals surface area contributed by atoms with Crippen molar-refractivity contribution in [2.24, 2.45) is 0 Å². The van der Waals surface area contributed by atoms with E-state index in [1.54, 1.807) is 0 Å². The van der Waals surface area contributed by atoms with Crippen molar-refractivity contribution in [2.75, 3.05) is 0 Å². The predicted molar refractivity (Wildman–Crippen MR) is 52.3 cm³/mol. The molecule has 0 N–H and O–H groups in total. The molecule has 0 fully saturated rings. The normalized spacial score (nSPS) is 10.0. The van der Waals surface area contributed by atoms with Gasteiger partial charge in [0.1, 0.15) is 0 Å². The molecule has 0 atom stereocenters. The van der Waals surface area contributed by atoms with E-state index in [1.807, 2.05) is 17.4 Å². The minimum absolute atomic E-state index is 1.10. The summed E-state index contributed by atoms with van der Waals surface area (Å²) in [5.74, 6) is 0. The van der Waals surface area contributed by atoms with Crippen molar-refractivity contribution in [3.05, 3.63) is 34.0 Å². The highest BCUT2D eigenvalue weighted by atomic mass is 32.1. The average Bonchev–Trinajstić information content (AvgIpc) is 2.26. The zero-order valence-electron chi connectivity index (χ0n) is 7.18. The van der Waals surface area contributed by atoms with Crippen LogP contribution >= 0.6 is 11.3 Å². The highest BCUT2D eigenvalue weighted by Gasteiger charge is 2.00. The third-order valence-electron chi connectivity index (χ3n) is 1.72. The summed E-state index contributed by atoms with van der Waals surface area (Å²) in [5, 5.41) is 0. The van der Waals surface area contributed by atoms with Gasteiger partial charge in [0.2, 0.25) is 0 Å². The zero-order chi connectivity index (χ0) is 8.27. The molecule has 11 heavy (non-hydrogen) atoms. The number of hydrogen-bond donors (Lipinski definition) is 0. The van der Waals surface area contributed by atoms with Crippen molar-refractivity contribution in [1.82, 2.24) is 0 Å². The Labute approximate surface area is 72.6 Å². The van der Waals surface area contributed by atoms with Crippen LogP contribution in [-0.2, 0) is 6.42 Å².